The smallest absolute Gasteiger partial charge is 0.143 e. The van der Waals surface area contributed by atoms with E-state index in [9.17, 15) is 4.57 Å². The summed E-state index contributed by atoms with van der Waals surface area (Å²) in [6.45, 7) is 5.32. The largest absolute Gasteiger partial charge is 0.495 e. The second-order valence-electron chi connectivity index (χ2n) is 6.54. The Kier molecular flexibility index (Phi) is 5.47. The van der Waals surface area contributed by atoms with Crippen LogP contribution in [-0.2, 0) is 4.57 Å². The lowest BCUT2D eigenvalue weighted by Gasteiger charge is -2.15. The van der Waals surface area contributed by atoms with E-state index in [1.54, 1.807) is 26.5 Å². The topological polar surface area (TPSA) is 76.1 Å². The highest BCUT2D eigenvalue weighted by Crippen LogP contribution is 2.38. The van der Waals surface area contributed by atoms with Crippen molar-refractivity contribution in [2.24, 2.45) is 0 Å². The van der Waals surface area contributed by atoms with Gasteiger partial charge in [0.25, 0.3) is 0 Å². The molecule has 0 aliphatic heterocycles. The summed E-state index contributed by atoms with van der Waals surface area (Å²) in [5.41, 5.74) is 1.70. The Balaban J connectivity index is 1.88. The number of aromatic nitrogens is 2. The Hall–Kier alpha value is -2.85. The molecule has 1 aromatic heterocycles. The van der Waals surface area contributed by atoms with E-state index >= 15 is 0 Å². The van der Waals surface area contributed by atoms with Crippen molar-refractivity contribution in [3.8, 4) is 5.75 Å². The molecular weight excluding hydrogens is 359 g/mol. The molecule has 0 bridgehead atoms. The number of benzene rings is 2. The van der Waals surface area contributed by atoms with Gasteiger partial charge in [-0.2, -0.15) is 0 Å². The van der Waals surface area contributed by atoms with Crippen LogP contribution >= 0.6 is 7.14 Å². The van der Waals surface area contributed by atoms with E-state index in [4.69, 9.17) is 4.74 Å². The van der Waals surface area contributed by atoms with E-state index in [0.29, 0.717) is 23.2 Å². The number of rotatable bonds is 6. The van der Waals surface area contributed by atoms with E-state index in [-0.39, 0.29) is 0 Å². The van der Waals surface area contributed by atoms with Gasteiger partial charge in [-0.25, -0.2) is 9.97 Å². The van der Waals surface area contributed by atoms with Crippen molar-refractivity contribution in [3.63, 3.8) is 0 Å². The van der Waals surface area contributed by atoms with Gasteiger partial charge in [-0.3, -0.25) is 0 Å². The standard InChI is InChI=1S/C20H23N4O2P/c1-14-21-19(23-15-8-6-5-7-9-15)13-20(22-14)24-17-11-10-16(27(3,4)25)12-18(17)26-2/h5-13H,1-4H3,(H2,21,22,23,24). The SMILES string of the molecule is COc1cc(P(C)(C)=O)ccc1Nc1cc(Nc2ccccc2)nc(C)n1. The van der Waals surface area contributed by atoms with Crippen LogP contribution < -0.4 is 20.7 Å². The molecule has 7 heteroatoms. The molecule has 0 aliphatic carbocycles. The first-order chi connectivity index (χ1) is 12.8. The van der Waals surface area contributed by atoms with E-state index in [2.05, 4.69) is 20.6 Å². The summed E-state index contributed by atoms with van der Waals surface area (Å²) >= 11 is 0. The van der Waals surface area contributed by atoms with Crippen LogP contribution in [-0.4, -0.2) is 30.4 Å². The maximum atomic E-state index is 12.3. The number of nitrogens with one attached hydrogen (secondary N) is 2. The van der Waals surface area contributed by atoms with Gasteiger partial charge in [0.1, 0.15) is 30.4 Å². The molecule has 6 nitrogen and oxygen atoms in total. The molecule has 0 fully saturated rings. The van der Waals surface area contributed by atoms with Crippen molar-refractivity contribution in [2.75, 3.05) is 31.1 Å². The Labute approximate surface area is 159 Å². The molecule has 0 saturated carbocycles. The van der Waals surface area contributed by atoms with Gasteiger partial charge in [0, 0.05) is 17.1 Å². The fraction of sp³-hybridized carbons (Fsp3) is 0.200. The normalized spacial score (nSPS) is 11.1. The number of para-hydroxylation sites is 1. The Morgan fingerprint density at radius 1 is 0.926 bits per heavy atom. The fourth-order valence-corrected chi connectivity index (χ4v) is 3.48. The summed E-state index contributed by atoms with van der Waals surface area (Å²) in [7, 11) is -0.767. The number of aryl methyl sites for hydroxylation is 1. The Morgan fingerprint density at radius 3 is 2.22 bits per heavy atom. The third-order valence-corrected chi connectivity index (χ3v) is 5.48. The maximum absolute atomic E-state index is 12.3. The lowest BCUT2D eigenvalue weighted by Crippen LogP contribution is -2.06. The van der Waals surface area contributed by atoms with Crippen LogP contribution in [0.1, 0.15) is 5.82 Å². The van der Waals surface area contributed by atoms with E-state index in [1.165, 1.54) is 0 Å². The third-order valence-electron chi connectivity index (χ3n) is 3.95. The summed E-state index contributed by atoms with van der Waals surface area (Å²) < 4.78 is 17.8. The predicted molar refractivity (Wildman–Crippen MR) is 112 cm³/mol. The van der Waals surface area contributed by atoms with Gasteiger partial charge < -0.3 is 19.9 Å². The molecule has 140 valence electrons. The second-order valence-corrected chi connectivity index (χ2v) is 9.76. The molecule has 0 atom stereocenters. The lowest BCUT2D eigenvalue weighted by molar-refractivity contribution is 0.417. The molecule has 0 spiro atoms. The van der Waals surface area contributed by atoms with Gasteiger partial charge >= 0.3 is 0 Å². The molecule has 3 rings (SSSR count). The average Bonchev–Trinajstić information content (AvgIpc) is 2.61. The van der Waals surface area contributed by atoms with Gasteiger partial charge in [0.05, 0.1) is 12.8 Å². The number of hydrogen-bond donors (Lipinski definition) is 2. The first-order valence-corrected chi connectivity index (χ1v) is 11.1. The minimum absolute atomic E-state index is 0.616. The third kappa shape index (κ3) is 4.86. The number of ether oxygens (including phenoxy) is 1. The van der Waals surface area contributed by atoms with Crippen molar-refractivity contribution < 1.29 is 9.30 Å². The molecule has 0 unspecified atom stereocenters. The summed E-state index contributed by atoms with van der Waals surface area (Å²) in [5.74, 6) is 2.59. The van der Waals surface area contributed by atoms with Crippen LogP contribution in [0, 0.1) is 6.92 Å². The molecule has 0 saturated heterocycles. The van der Waals surface area contributed by atoms with Gasteiger partial charge in [-0.1, -0.05) is 18.2 Å². The summed E-state index contributed by atoms with van der Waals surface area (Å²) in [4.78, 5) is 8.87. The molecular formula is C20H23N4O2P. The molecule has 0 amide bonds. The van der Waals surface area contributed by atoms with Gasteiger partial charge in [0.15, 0.2) is 0 Å². The molecule has 0 aliphatic rings. The minimum Gasteiger partial charge on any atom is -0.495 e. The number of anilines is 4. The zero-order valence-corrected chi connectivity index (χ0v) is 16.7. The maximum Gasteiger partial charge on any atom is 0.143 e. The summed E-state index contributed by atoms with van der Waals surface area (Å²) in [6, 6.07) is 17.2. The van der Waals surface area contributed by atoms with E-state index in [1.807, 2.05) is 55.5 Å². The average molecular weight is 382 g/mol. The molecule has 2 aromatic carbocycles. The van der Waals surface area contributed by atoms with Crippen molar-refractivity contribution in [1.82, 2.24) is 9.97 Å². The highest BCUT2D eigenvalue weighted by molar-refractivity contribution is 7.70. The molecule has 27 heavy (non-hydrogen) atoms. The zero-order valence-electron chi connectivity index (χ0n) is 15.9. The number of hydrogen-bond acceptors (Lipinski definition) is 6. The number of nitrogens with zero attached hydrogens (tertiary/aromatic N) is 2. The van der Waals surface area contributed by atoms with Crippen molar-refractivity contribution >= 4 is 35.5 Å². The van der Waals surface area contributed by atoms with Crippen LogP contribution in [0.15, 0.2) is 54.6 Å². The van der Waals surface area contributed by atoms with Crippen LogP contribution in [0.4, 0.5) is 23.0 Å². The summed E-state index contributed by atoms with van der Waals surface area (Å²) in [6.07, 6.45) is 0. The van der Waals surface area contributed by atoms with Gasteiger partial charge in [0.2, 0.25) is 0 Å². The van der Waals surface area contributed by atoms with Crippen LogP contribution in [0.5, 0.6) is 5.75 Å². The molecule has 0 radical (unpaired) electrons. The predicted octanol–water partition coefficient (Wildman–Crippen LogP) is 4.53. The fourth-order valence-electron chi connectivity index (χ4n) is 2.62. The lowest BCUT2D eigenvalue weighted by atomic mass is 10.3. The second kappa shape index (κ2) is 7.80. The quantitative estimate of drug-likeness (QED) is 0.610. The Bertz CT molecular complexity index is 987. The monoisotopic (exact) mass is 382 g/mol. The molecule has 2 N–H and O–H groups in total. The first-order valence-electron chi connectivity index (χ1n) is 8.53. The van der Waals surface area contributed by atoms with Crippen LogP contribution in [0.25, 0.3) is 0 Å². The van der Waals surface area contributed by atoms with Crippen molar-refractivity contribution in [1.29, 1.82) is 0 Å². The highest BCUT2D eigenvalue weighted by atomic mass is 31.2. The van der Waals surface area contributed by atoms with E-state index in [0.717, 1.165) is 16.7 Å². The highest BCUT2D eigenvalue weighted by Gasteiger charge is 2.15. The van der Waals surface area contributed by atoms with Gasteiger partial charge in [-0.15, -0.1) is 0 Å². The molecule has 1 heterocycles. The van der Waals surface area contributed by atoms with Crippen LogP contribution in [0.3, 0.4) is 0 Å². The first kappa shape index (κ1) is 18.9. The Morgan fingerprint density at radius 2 is 1.59 bits per heavy atom. The van der Waals surface area contributed by atoms with Crippen molar-refractivity contribution in [2.45, 2.75) is 6.92 Å². The van der Waals surface area contributed by atoms with Crippen LogP contribution in [0.2, 0.25) is 0 Å². The van der Waals surface area contributed by atoms with Gasteiger partial charge in [-0.05, 0) is 50.6 Å². The van der Waals surface area contributed by atoms with E-state index < -0.39 is 7.14 Å². The molecule has 3 aromatic rings. The summed E-state index contributed by atoms with van der Waals surface area (Å²) in [5, 5.41) is 7.31. The minimum atomic E-state index is -2.36. The zero-order chi connectivity index (χ0) is 19.4. The number of methoxy groups -OCH3 is 1. The van der Waals surface area contributed by atoms with Crippen molar-refractivity contribution in [3.05, 3.63) is 60.4 Å².